The monoisotopic (exact) mass is 209 g/mol. The van der Waals surface area contributed by atoms with Crippen LogP contribution in [0.25, 0.3) is 0 Å². The minimum atomic E-state index is 0.564. The molecule has 0 fully saturated rings. The van der Waals surface area contributed by atoms with Gasteiger partial charge in [0.15, 0.2) is 0 Å². The van der Waals surface area contributed by atoms with Gasteiger partial charge in [0.2, 0.25) is 0 Å². The molecule has 0 aromatic carbocycles. The fourth-order valence-corrected chi connectivity index (χ4v) is 0.725. The first-order valence-corrected chi connectivity index (χ1v) is 2.73. The van der Waals surface area contributed by atoms with E-state index in [1.165, 1.54) is 0 Å². The lowest BCUT2D eigenvalue weighted by Gasteiger charge is -1.76. The number of nitrogens with two attached hydrogens (primary N) is 1. The molecule has 0 aliphatic rings. The number of anilines is 1. The van der Waals surface area contributed by atoms with Crippen molar-refractivity contribution in [2.45, 2.75) is 0 Å². The van der Waals surface area contributed by atoms with Gasteiger partial charge < -0.3 is 5.73 Å². The molecule has 38 valence electrons. The van der Waals surface area contributed by atoms with Gasteiger partial charge in [0, 0.05) is 12.3 Å². The summed E-state index contributed by atoms with van der Waals surface area (Å²) in [4.78, 5) is 0. The Labute approximate surface area is 55.0 Å². The minimum absolute atomic E-state index is 0.564. The van der Waals surface area contributed by atoms with Gasteiger partial charge in [-0.1, -0.05) is 0 Å². The van der Waals surface area contributed by atoms with E-state index in [0.717, 1.165) is 0 Å². The van der Waals surface area contributed by atoms with Crippen molar-refractivity contribution < 1.29 is 0 Å². The van der Waals surface area contributed by atoms with Gasteiger partial charge in [-0.05, 0) is 0 Å². The summed E-state index contributed by atoms with van der Waals surface area (Å²) in [6.07, 6.45) is 1.79. The number of nitrogen functional groups attached to an aromatic ring is 1. The largest absolute Gasteiger partial charge is 0.382 e. The van der Waals surface area contributed by atoms with Crippen molar-refractivity contribution in [1.82, 2.24) is 7.99 Å². The van der Waals surface area contributed by atoms with Gasteiger partial charge in [-0.15, -0.1) is 5.10 Å². The van der Waals surface area contributed by atoms with Gasteiger partial charge in [-0.25, -0.2) is 2.90 Å². The van der Waals surface area contributed by atoms with E-state index < -0.39 is 0 Å². The van der Waals surface area contributed by atoms with Crippen LogP contribution in [0.1, 0.15) is 0 Å². The lowest BCUT2D eigenvalue weighted by molar-refractivity contribution is 1.06. The highest BCUT2D eigenvalue weighted by molar-refractivity contribution is 14.1. The molecule has 2 N–H and O–H groups in total. The maximum atomic E-state index is 5.24. The number of rotatable bonds is 0. The zero-order chi connectivity index (χ0) is 5.28. The van der Waals surface area contributed by atoms with Crippen molar-refractivity contribution in [3.05, 3.63) is 12.3 Å². The van der Waals surface area contributed by atoms with E-state index in [-0.39, 0.29) is 0 Å². The lowest BCUT2D eigenvalue weighted by atomic mass is 10.7. The van der Waals surface area contributed by atoms with Crippen molar-refractivity contribution in [2.24, 2.45) is 0 Å². The summed E-state index contributed by atoms with van der Waals surface area (Å²) in [6, 6.07) is 1.74. The number of halogens is 1. The molecule has 1 aromatic rings. The molecule has 0 amide bonds. The fourth-order valence-electron chi connectivity index (χ4n) is 0.315. The molecule has 1 aromatic heterocycles. The van der Waals surface area contributed by atoms with Gasteiger partial charge >= 0.3 is 0 Å². The molecular weight excluding hydrogens is 205 g/mol. The molecule has 3 nitrogen and oxygen atoms in total. The molecule has 0 aliphatic heterocycles. The quantitative estimate of drug-likeness (QED) is 0.638. The van der Waals surface area contributed by atoms with Crippen molar-refractivity contribution in [1.29, 1.82) is 0 Å². The van der Waals surface area contributed by atoms with E-state index in [4.69, 9.17) is 5.73 Å². The van der Waals surface area contributed by atoms with E-state index in [2.05, 4.69) is 5.10 Å². The summed E-state index contributed by atoms with van der Waals surface area (Å²) in [5.74, 6) is 0.564. The number of hydrogen-bond donors (Lipinski definition) is 1. The Balaban J connectivity index is 3.04. The molecule has 0 saturated heterocycles. The minimum Gasteiger partial charge on any atom is -0.382 e. The SMILES string of the molecule is Nc1ccn(I)n1. The van der Waals surface area contributed by atoms with Crippen LogP contribution < -0.4 is 5.73 Å². The molecular formula is C3H4IN3. The fraction of sp³-hybridized carbons (Fsp3) is 0. The topological polar surface area (TPSA) is 43.8 Å². The van der Waals surface area contributed by atoms with E-state index >= 15 is 0 Å². The second-order valence-corrected chi connectivity index (χ2v) is 2.12. The van der Waals surface area contributed by atoms with Crippen molar-refractivity contribution >= 4 is 28.7 Å². The maximum Gasteiger partial charge on any atom is 0.146 e. The first-order valence-electron chi connectivity index (χ1n) is 1.76. The highest BCUT2D eigenvalue weighted by atomic mass is 127. The Morgan fingerprint density at radius 1 is 1.86 bits per heavy atom. The van der Waals surface area contributed by atoms with E-state index in [0.29, 0.717) is 5.82 Å². The van der Waals surface area contributed by atoms with Gasteiger partial charge in [0.25, 0.3) is 0 Å². The Bertz CT molecular complexity index is 142. The standard InChI is InChI=1S/C3H4IN3/c4-7-2-1-3(5)6-7/h1-2H,(H2,5,6). The molecule has 1 rings (SSSR count). The van der Waals surface area contributed by atoms with Crippen molar-refractivity contribution in [3.63, 3.8) is 0 Å². The van der Waals surface area contributed by atoms with E-state index in [9.17, 15) is 0 Å². The van der Waals surface area contributed by atoms with Crippen LogP contribution >= 0.6 is 22.9 Å². The van der Waals surface area contributed by atoms with Gasteiger partial charge in [-0.3, -0.25) is 0 Å². The second kappa shape index (κ2) is 1.69. The predicted octanol–water partition coefficient (Wildman–Crippen LogP) is 0.663. The molecule has 0 spiro atoms. The zero-order valence-corrected chi connectivity index (χ0v) is 5.66. The van der Waals surface area contributed by atoms with Crippen LogP contribution in [0.4, 0.5) is 5.82 Å². The molecule has 0 radical (unpaired) electrons. The molecule has 0 aliphatic carbocycles. The third-order valence-electron chi connectivity index (χ3n) is 0.579. The highest BCUT2D eigenvalue weighted by Crippen LogP contribution is 1.97. The van der Waals surface area contributed by atoms with Gasteiger partial charge in [0.05, 0.1) is 22.9 Å². The van der Waals surface area contributed by atoms with Crippen molar-refractivity contribution in [3.8, 4) is 0 Å². The first-order chi connectivity index (χ1) is 3.29. The van der Waals surface area contributed by atoms with Crippen LogP contribution in [0.5, 0.6) is 0 Å². The Morgan fingerprint density at radius 3 is 2.71 bits per heavy atom. The highest BCUT2D eigenvalue weighted by Gasteiger charge is 1.84. The number of nitrogens with zero attached hydrogens (tertiary/aromatic N) is 2. The van der Waals surface area contributed by atoms with Crippen LogP contribution in [0.3, 0.4) is 0 Å². The number of aromatic nitrogens is 2. The molecule has 1 heterocycles. The summed E-state index contributed by atoms with van der Waals surface area (Å²) >= 11 is 2.03. The van der Waals surface area contributed by atoms with Crippen LogP contribution in [-0.4, -0.2) is 7.99 Å². The summed E-state index contributed by atoms with van der Waals surface area (Å²) in [6.45, 7) is 0. The van der Waals surface area contributed by atoms with Crippen LogP contribution in [0.2, 0.25) is 0 Å². The Morgan fingerprint density at radius 2 is 2.57 bits per heavy atom. The summed E-state index contributed by atoms with van der Waals surface area (Å²) in [5, 5.41) is 3.79. The van der Waals surface area contributed by atoms with E-state index in [1.807, 2.05) is 22.9 Å². The summed E-state index contributed by atoms with van der Waals surface area (Å²) < 4.78 is 1.63. The summed E-state index contributed by atoms with van der Waals surface area (Å²) in [7, 11) is 0. The first kappa shape index (κ1) is 4.89. The third-order valence-corrected chi connectivity index (χ3v) is 1.12. The molecule has 7 heavy (non-hydrogen) atoms. The molecule has 0 saturated carbocycles. The smallest absolute Gasteiger partial charge is 0.146 e. The van der Waals surface area contributed by atoms with Gasteiger partial charge in [0.1, 0.15) is 5.82 Å². The average molecular weight is 209 g/mol. The van der Waals surface area contributed by atoms with Gasteiger partial charge in [-0.2, -0.15) is 0 Å². The second-order valence-electron chi connectivity index (χ2n) is 1.13. The molecule has 4 heteroatoms. The normalized spacial score (nSPS) is 9.29. The Hall–Kier alpha value is -0.260. The van der Waals surface area contributed by atoms with Crippen LogP contribution in [-0.2, 0) is 0 Å². The maximum absolute atomic E-state index is 5.24. The lowest BCUT2D eigenvalue weighted by Crippen LogP contribution is -1.84. The van der Waals surface area contributed by atoms with Crippen LogP contribution in [0, 0.1) is 0 Å². The summed E-state index contributed by atoms with van der Waals surface area (Å²) in [5.41, 5.74) is 5.24. The predicted molar refractivity (Wildman–Crippen MR) is 36.1 cm³/mol. The molecule has 0 unspecified atom stereocenters. The third kappa shape index (κ3) is 1.05. The van der Waals surface area contributed by atoms with Crippen molar-refractivity contribution in [2.75, 3.05) is 5.73 Å². The average Bonchev–Trinajstić information content (AvgIpc) is 1.87. The van der Waals surface area contributed by atoms with E-state index in [1.54, 1.807) is 15.2 Å². The Kier molecular flexibility index (Phi) is 1.18. The number of hydrogen-bond acceptors (Lipinski definition) is 2. The zero-order valence-electron chi connectivity index (χ0n) is 3.50. The molecule has 0 atom stereocenters. The van der Waals surface area contributed by atoms with Crippen LogP contribution in [0.15, 0.2) is 12.3 Å². The molecule has 0 bridgehead atoms.